The highest BCUT2D eigenvalue weighted by Gasteiger charge is 2.45. The molecule has 0 N–H and O–H groups in total. The van der Waals surface area contributed by atoms with Gasteiger partial charge < -0.3 is 13.6 Å². The van der Waals surface area contributed by atoms with E-state index in [4.69, 9.17) is 18.8 Å². The lowest BCUT2D eigenvalue weighted by molar-refractivity contribution is 0.618. The zero-order chi connectivity index (χ0) is 23.6. The topological polar surface area (TPSA) is 55.3 Å². The summed E-state index contributed by atoms with van der Waals surface area (Å²) in [5, 5.41) is 3.10. The molecule has 0 saturated heterocycles. The Hall–Kier alpha value is -4.84. The van der Waals surface area contributed by atoms with Crippen molar-refractivity contribution in [3.8, 4) is 11.1 Å². The minimum absolute atomic E-state index is 0.303. The molecule has 0 aliphatic carbocycles. The molecule has 36 heavy (non-hydrogen) atoms. The third kappa shape index (κ3) is 2.67. The molecule has 0 radical (unpaired) electrons. The van der Waals surface area contributed by atoms with Gasteiger partial charge in [0.15, 0.2) is 5.88 Å². The Morgan fingerprint density at radius 3 is 2.14 bits per heavy atom. The minimum atomic E-state index is -0.303. The number of furan rings is 2. The van der Waals surface area contributed by atoms with E-state index in [9.17, 15) is 0 Å². The van der Waals surface area contributed by atoms with Gasteiger partial charge in [-0.2, -0.15) is 0 Å². The maximum absolute atomic E-state index is 6.63. The van der Waals surface area contributed by atoms with E-state index >= 15 is 0 Å². The molecule has 0 unspecified atom stereocenters. The van der Waals surface area contributed by atoms with Crippen LogP contribution in [0.2, 0.25) is 0 Å². The smallest absolute Gasteiger partial charge is 0.376 e. The lowest BCUT2D eigenvalue weighted by Gasteiger charge is -2.31. The Morgan fingerprint density at radius 2 is 1.31 bits per heavy atom. The molecule has 4 aromatic carbocycles. The van der Waals surface area contributed by atoms with Crippen molar-refractivity contribution in [2.45, 2.75) is 0 Å². The number of benzene rings is 4. The van der Waals surface area contributed by atoms with Crippen molar-refractivity contribution in [1.29, 1.82) is 0 Å². The Morgan fingerprint density at radius 1 is 0.639 bits per heavy atom. The van der Waals surface area contributed by atoms with Crippen molar-refractivity contribution in [1.82, 2.24) is 9.97 Å². The summed E-state index contributed by atoms with van der Waals surface area (Å²) in [5.74, 6) is 1.29. The molecule has 1 aliphatic heterocycles. The van der Waals surface area contributed by atoms with E-state index in [2.05, 4.69) is 35.1 Å². The van der Waals surface area contributed by atoms with Crippen LogP contribution in [0.5, 0.6) is 0 Å². The van der Waals surface area contributed by atoms with Gasteiger partial charge in [-0.1, -0.05) is 84.9 Å². The maximum atomic E-state index is 6.63. The molecule has 0 amide bonds. The number of aromatic nitrogens is 2. The van der Waals surface area contributed by atoms with Crippen LogP contribution < -0.4 is 15.9 Å². The molecular weight excluding hydrogens is 445 g/mol. The molecule has 168 valence electrons. The van der Waals surface area contributed by atoms with Gasteiger partial charge in [-0.05, 0) is 23.7 Å². The lowest BCUT2D eigenvalue weighted by atomic mass is 9.49. The Kier molecular flexibility index (Phi) is 3.96. The number of hydrogen-bond acceptors (Lipinski definition) is 5. The SMILES string of the molecule is c1ccc(B2c3oc4ccccc4c3-c3c(oc4ccccc34)N2c2ncc3ccccc3n2)cc1. The van der Waals surface area contributed by atoms with Crippen LogP contribution >= 0.6 is 0 Å². The fraction of sp³-hybridized carbons (Fsp3) is 0. The molecule has 0 atom stereocenters. The number of para-hydroxylation sites is 3. The first-order valence-corrected chi connectivity index (χ1v) is 12.0. The molecule has 4 heterocycles. The van der Waals surface area contributed by atoms with E-state index in [-0.39, 0.29) is 6.85 Å². The summed E-state index contributed by atoms with van der Waals surface area (Å²) in [6, 6.07) is 34.7. The first-order chi connectivity index (χ1) is 17.9. The highest BCUT2D eigenvalue weighted by molar-refractivity contribution is 6.90. The molecule has 0 fully saturated rings. The summed E-state index contributed by atoms with van der Waals surface area (Å²) >= 11 is 0. The van der Waals surface area contributed by atoms with Crippen molar-refractivity contribution < 1.29 is 8.83 Å². The van der Waals surface area contributed by atoms with Gasteiger partial charge in [0.2, 0.25) is 5.95 Å². The molecule has 0 bridgehead atoms. The van der Waals surface area contributed by atoms with E-state index in [1.54, 1.807) is 0 Å². The Labute approximate surface area is 206 Å². The number of hydrogen-bond donors (Lipinski definition) is 0. The molecule has 1 aliphatic rings. The maximum Gasteiger partial charge on any atom is 0.376 e. The first-order valence-electron chi connectivity index (χ1n) is 12.0. The van der Waals surface area contributed by atoms with Gasteiger partial charge in [-0.3, -0.25) is 0 Å². The van der Waals surface area contributed by atoms with E-state index in [0.717, 1.165) is 61.0 Å². The third-order valence-electron chi connectivity index (χ3n) is 6.98. The summed E-state index contributed by atoms with van der Waals surface area (Å²) in [7, 11) is 0. The standard InChI is InChI=1S/C30H18BN3O2/c1-2-11-20(12-3-1)31-28-26(21-13-5-8-16-24(21)35-28)27-22-14-6-9-17-25(22)36-29(27)34(31)30-32-18-19-10-4-7-15-23(19)33-30/h1-18H. The number of anilines is 2. The summed E-state index contributed by atoms with van der Waals surface area (Å²) in [6.45, 7) is -0.303. The second-order valence-electron chi connectivity index (χ2n) is 9.03. The summed E-state index contributed by atoms with van der Waals surface area (Å²) in [5.41, 5.74) is 6.55. The minimum Gasteiger partial charge on any atom is -0.467 e. The first kappa shape index (κ1) is 19.5. The van der Waals surface area contributed by atoms with Gasteiger partial charge in [0.1, 0.15) is 16.8 Å². The van der Waals surface area contributed by atoms with Gasteiger partial charge in [0.25, 0.3) is 0 Å². The predicted octanol–water partition coefficient (Wildman–Crippen LogP) is 6.05. The average molecular weight is 463 g/mol. The predicted molar refractivity (Wildman–Crippen MR) is 145 cm³/mol. The molecule has 0 saturated carbocycles. The van der Waals surface area contributed by atoms with Crippen molar-refractivity contribution in [3.05, 3.63) is 109 Å². The zero-order valence-corrected chi connectivity index (χ0v) is 19.1. The van der Waals surface area contributed by atoms with Crippen LogP contribution in [0.25, 0.3) is 44.0 Å². The third-order valence-corrected chi connectivity index (χ3v) is 6.98. The van der Waals surface area contributed by atoms with Crippen LogP contribution in [-0.2, 0) is 0 Å². The van der Waals surface area contributed by atoms with E-state index in [1.807, 2.05) is 79.0 Å². The van der Waals surface area contributed by atoms with E-state index in [0.29, 0.717) is 5.95 Å². The Bertz CT molecular complexity index is 1930. The van der Waals surface area contributed by atoms with Crippen LogP contribution in [0.4, 0.5) is 11.8 Å². The normalized spacial score (nSPS) is 12.9. The summed E-state index contributed by atoms with van der Waals surface area (Å²) in [6.07, 6.45) is 1.87. The molecular formula is C30H18BN3O2. The largest absolute Gasteiger partial charge is 0.467 e. The van der Waals surface area contributed by atoms with E-state index < -0.39 is 0 Å². The molecule has 5 nitrogen and oxygen atoms in total. The number of nitrogens with zero attached hydrogens (tertiary/aromatic N) is 3. The van der Waals surface area contributed by atoms with Gasteiger partial charge in [-0.25, -0.2) is 9.97 Å². The monoisotopic (exact) mass is 463 g/mol. The highest BCUT2D eigenvalue weighted by atomic mass is 16.4. The lowest BCUT2D eigenvalue weighted by Crippen LogP contribution is -2.57. The van der Waals surface area contributed by atoms with Gasteiger partial charge in [-0.15, -0.1) is 0 Å². The van der Waals surface area contributed by atoms with Crippen LogP contribution in [0, 0.1) is 0 Å². The highest BCUT2D eigenvalue weighted by Crippen LogP contribution is 2.48. The van der Waals surface area contributed by atoms with Crippen molar-refractivity contribution in [3.63, 3.8) is 0 Å². The quantitative estimate of drug-likeness (QED) is 0.293. The van der Waals surface area contributed by atoms with E-state index in [1.165, 1.54) is 0 Å². The zero-order valence-electron chi connectivity index (χ0n) is 19.1. The van der Waals surface area contributed by atoms with Crippen LogP contribution in [0.1, 0.15) is 0 Å². The molecule has 6 heteroatoms. The summed E-state index contributed by atoms with van der Waals surface area (Å²) in [4.78, 5) is 11.9. The second kappa shape index (κ2) is 7.33. The van der Waals surface area contributed by atoms with Gasteiger partial charge >= 0.3 is 6.85 Å². The molecule has 7 aromatic rings. The van der Waals surface area contributed by atoms with Gasteiger partial charge in [0, 0.05) is 27.9 Å². The van der Waals surface area contributed by atoms with Crippen molar-refractivity contribution >= 4 is 62.6 Å². The fourth-order valence-corrected chi connectivity index (χ4v) is 5.41. The molecule has 8 rings (SSSR count). The second-order valence-corrected chi connectivity index (χ2v) is 9.03. The number of rotatable bonds is 2. The number of fused-ring (bicyclic) bond motifs is 8. The summed E-state index contributed by atoms with van der Waals surface area (Å²) < 4.78 is 13.2. The van der Waals surface area contributed by atoms with Crippen molar-refractivity contribution in [2.24, 2.45) is 0 Å². The van der Waals surface area contributed by atoms with Crippen molar-refractivity contribution in [2.75, 3.05) is 4.81 Å². The molecule has 0 spiro atoms. The average Bonchev–Trinajstić information content (AvgIpc) is 3.51. The van der Waals surface area contributed by atoms with Crippen LogP contribution in [0.3, 0.4) is 0 Å². The Balaban J connectivity index is 1.52. The molecule has 3 aromatic heterocycles. The van der Waals surface area contributed by atoms with Crippen LogP contribution in [0.15, 0.2) is 118 Å². The van der Waals surface area contributed by atoms with Gasteiger partial charge in [0.05, 0.1) is 11.1 Å². The fourth-order valence-electron chi connectivity index (χ4n) is 5.41. The van der Waals surface area contributed by atoms with Crippen LogP contribution in [-0.4, -0.2) is 16.8 Å².